The summed E-state index contributed by atoms with van der Waals surface area (Å²) in [6.07, 6.45) is 0.751. The third-order valence-corrected chi connectivity index (χ3v) is 4.18. The van der Waals surface area contributed by atoms with Crippen LogP contribution in [0.4, 0.5) is 4.79 Å². The summed E-state index contributed by atoms with van der Waals surface area (Å²) in [6.45, 7) is 3.56. The number of amides is 2. The maximum Gasteiger partial charge on any atom is 0.407 e. The number of carbonyl (C=O) groups excluding carboxylic acids is 2. The second-order valence-electron chi connectivity index (χ2n) is 6.65. The largest absolute Gasteiger partial charge is 0.490 e. The molecule has 0 aromatic heterocycles. The number of nitrogens with one attached hydrogen (secondary N) is 2. The predicted octanol–water partition coefficient (Wildman–Crippen LogP) is 2.88. The van der Waals surface area contributed by atoms with Gasteiger partial charge in [0.25, 0.3) is 0 Å². The van der Waals surface area contributed by atoms with E-state index in [4.69, 9.17) is 19.3 Å². The van der Waals surface area contributed by atoms with Gasteiger partial charge in [-0.3, -0.25) is 4.79 Å². The van der Waals surface area contributed by atoms with Crippen molar-refractivity contribution in [2.75, 3.05) is 19.8 Å². The zero-order valence-corrected chi connectivity index (χ0v) is 18.4. The van der Waals surface area contributed by atoms with Gasteiger partial charge in [-0.25, -0.2) is 15.0 Å². The first kappa shape index (κ1) is 25.2. The molecule has 0 spiro atoms. The average molecular weight is 457 g/mol. The van der Waals surface area contributed by atoms with Crippen LogP contribution in [0.1, 0.15) is 37.4 Å². The summed E-state index contributed by atoms with van der Waals surface area (Å²) in [5, 5.41) is 15.4. The number of aliphatic carboxylic acids is 1. The quantitative estimate of drug-likeness (QED) is 0.329. The molecule has 0 bridgehead atoms. The van der Waals surface area contributed by atoms with Crippen molar-refractivity contribution in [3.63, 3.8) is 0 Å². The molecule has 10 nitrogen and oxygen atoms in total. The van der Waals surface area contributed by atoms with Crippen molar-refractivity contribution in [1.29, 1.82) is 0 Å². The number of ether oxygens (including phenoxy) is 3. The molecule has 0 saturated carbocycles. The molecule has 0 radical (unpaired) electrons. The number of carboxylic acid groups (broad SMARTS) is 1. The minimum absolute atomic E-state index is 0.0493. The molecule has 3 N–H and O–H groups in total. The second-order valence-corrected chi connectivity index (χ2v) is 6.65. The van der Waals surface area contributed by atoms with E-state index >= 15 is 0 Å². The fraction of sp³-hybridized carbons (Fsp3) is 0.304. The third kappa shape index (κ3) is 8.90. The van der Waals surface area contributed by atoms with Gasteiger partial charge < -0.3 is 24.6 Å². The Morgan fingerprint density at radius 2 is 1.79 bits per heavy atom. The Morgan fingerprint density at radius 1 is 1.03 bits per heavy atom. The third-order valence-electron chi connectivity index (χ3n) is 4.18. The van der Waals surface area contributed by atoms with Crippen LogP contribution in [0.5, 0.6) is 11.5 Å². The summed E-state index contributed by atoms with van der Waals surface area (Å²) in [6, 6.07) is 13.3. The van der Waals surface area contributed by atoms with Gasteiger partial charge in [0.05, 0.1) is 31.9 Å². The van der Waals surface area contributed by atoms with Crippen molar-refractivity contribution in [1.82, 2.24) is 10.7 Å². The number of benzene rings is 2. The van der Waals surface area contributed by atoms with Crippen molar-refractivity contribution in [2.45, 2.75) is 26.3 Å². The average Bonchev–Trinajstić information content (AvgIpc) is 2.79. The number of hydrogen-bond acceptors (Lipinski definition) is 7. The van der Waals surface area contributed by atoms with Gasteiger partial charge in [-0.15, -0.1) is 0 Å². The first-order valence-corrected chi connectivity index (χ1v) is 10.3. The topological polar surface area (TPSA) is 136 Å². The van der Waals surface area contributed by atoms with Gasteiger partial charge in [-0.05, 0) is 43.2 Å². The van der Waals surface area contributed by atoms with Gasteiger partial charge in [0.1, 0.15) is 0 Å². The van der Waals surface area contributed by atoms with Gasteiger partial charge in [0.15, 0.2) is 18.1 Å². The molecular formula is C23H27N3O7. The molecule has 2 aromatic carbocycles. The molecule has 0 aliphatic carbocycles. The molecule has 176 valence electrons. The highest BCUT2D eigenvalue weighted by Crippen LogP contribution is 2.28. The number of rotatable bonds is 12. The van der Waals surface area contributed by atoms with Crippen LogP contribution in [0.2, 0.25) is 0 Å². The molecule has 0 heterocycles. The molecule has 2 aromatic rings. The fourth-order valence-electron chi connectivity index (χ4n) is 2.79. The lowest BCUT2D eigenvalue weighted by molar-refractivity contribution is -0.139. The Bertz CT molecular complexity index is 964. The van der Waals surface area contributed by atoms with Crippen LogP contribution in [0, 0.1) is 0 Å². The number of hydrogen-bond donors (Lipinski definition) is 3. The highest BCUT2D eigenvalue weighted by molar-refractivity contribution is 5.83. The Morgan fingerprint density at radius 3 is 2.45 bits per heavy atom. The van der Waals surface area contributed by atoms with E-state index in [1.807, 2.05) is 18.2 Å². The highest BCUT2D eigenvalue weighted by Gasteiger charge is 2.18. The molecule has 0 saturated heterocycles. The molecule has 2 amide bonds. The molecule has 1 atom stereocenters. The van der Waals surface area contributed by atoms with Crippen LogP contribution in [0.3, 0.4) is 0 Å². The molecule has 33 heavy (non-hydrogen) atoms. The predicted molar refractivity (Wildman–Crippen MR) is 120 cm³/mol. The number of alkyl carbamates (subject to hydrolysis) is 1. The summed E-state index contributed by atoms with van der Waals surface area (Å²) >= 11 is 0. The summed E-state index contributed by atoms with van der Waals surface area (Å²) in [5.41, 5.74) is 3.79. The van der Waals surface area contributed by atoms with Crippen molar-refractivity contribution in [2.24, 2.45) is 5.10 Å². The minimum Gasteiger partial charge on any atom is -0.490 e. The molecule has 0 aliphatic heterocycles. The standard InChI is InChI=1S/C23H27N3O7/c1-3-31-20-12-16(10-11-19(20)33-15-22(28)29)14-24-26-21(27)13-18(25-23(30)32-4-2)17-8-6-5-7-9-17/h5-12,14,18H,3-4,13,15H2,1-2H3,(H,25,30)(H,26,27)(H,28,29)/b24-14-/t18-/m1/s1. The Kier molecular flexibility index (Phi) is 10.2. The Hall–Kier alpha value is -4.08. The van der Waals surface area contributed by atoms with Crippen LogP contribution in [0.15, 0.2) is 53.6 Å². The second kappa shape index (κ2) is 13.4. The Labute approximate surface area is 191 Å². The zero-order chi connectivity index (χ0) is 24.1. The van der Waals surface area contributed by atoms with Crippen LogP contribution < -0.4 is 20.2 Å². The first-order chi connectivity index (χ1) is 15.9. The number of carboxylic acids is 1. The lowest BCUT2D eigenvalue weighted by Crippen LogP contribution is -2.33. The maximum absolute atomic E-state index is 12.4. The lowest BCUT2D eigenvalue weighted by Gasteiger charge is -2.18. The van der Waals surface area contributed by atoms with E-state index in [9.17, 15) is 14.4 Å². The van der Waals surface area contributed by atoms with Crippen molar-refractivity contribution in [3.8, 4) is 11.5 Å². The maximum atomic E-state index is 12.4. The summed E-state index contributed by atoms with van der Waals surface area (Å²) in [4.78, 5) is 35.0. The van der Waals surface area contributed by atoms with Crippen molar-refractivity contribution >= 4 is 24.2 Å². The van der Waals surface area contributed by atoms with E-state index in [2.05, 4.69) is 15.8 Å². The molecule has 0 fully saturated rings. The monoisotopic (exact) mass is 457 g/mol. The van der Waals surface area contributed by atoms with E-state index in [0.717, 1.165) is 5.56 Å². The van der Waals surface area contributed by atoms with Crippen LogP contribution in [-0.2, 0) is 14.3 Å². The minimum atomic E-state index is -1.10. The van der Waals surface area contributed by atoms with Crippen molar-refractivity contribution in [3.05, 3.63) is 59.7 Å². The van der Waals surface area contributed by atoms with E-state index in [1.54, 1.807) is 44.2 Å². The van der Waals surface area contributed by atoms with E-state index in [-0.39, 0.29) is 18.8 Å². The molecule has 0 unspecified atom stereocenters. The molecule has 2 rings (SSSR count). The molecular weight excluding hydrogens is 430 g/mol. The molecule has 0 aliphatic rings. The molecule has 10 heteroatoms. The van der Waals surface area contributed by atoms with Gasteiger partial charge in [-0.2, -0.15) is 5.10 Å². The Balaban J connectivity index is 2.02. The lowest BCUT2D eigenvalue weighted by atomic mass is 10.0. The van der Waals surface area contributed by atoms with Gasteiger partial charge >= 0.3 is 12.1 Å². The number of nitrogens with zero attached hydrogens (tertiary/aromatic N) is 1. The van der Waals surface area contributed by atoms with Crippen LogP contribution in [0.25, 0.3) is 0 Å². The highest BCUT2D eigenvalue weighted by atomic mass is 16.5. The summed E-state index contributed by atoms with van der Waals surface area (Å²) in [5.74, 6) is -0.867. The number of carbonyl (C=O) groups is 3. The van der Waals surface area contributed by atoms with Crippen LogP contribution >= 0.6 is 0 Å². The number of hydrazone groups is 1. The SMILES string of the molecule is CCOC(=O)N[C@H](CC(=O)N/N=C\c1ccc(OCC(=O)O)c(OCC)c1)c1ccccc1. The zero-order valence-electron chi connectivity index (χ0n) is 18.4. The van der Waals surface area contributed by atoms with E-state index < -0.39 is 30.6 Å². The normalized spacial score (nSPS) is 11.5. The van der Waals surface area contributed by atoms with Crippen molar-refractivity contribution < 1.29 is 33.7 Å². The fourth-order valence-corrected chi connectivity index (χ4v) is 2.79. The summed E-state index contributed by atoms with van der Waals surface area (Å²) in [7, 11) is 0. The van der Waals surface area contributed by atoms with E-state index in [0.29, 0.717) is 17.9 Å². The smallest absolute Gasteiger partial charge is 0.407 e. The van der Waals surface area contributed by atoms with Gasteiger partial charge in [0, 0.05) is 0 Å². The van der Waals surface area contributed by atoms with Crippen LogP contribution in [-0.4, -0.2) is 49.1 Å². The first-order valence-electron chi connectivity index (χ1n) is 10.3. The van der Waals surface area contributed by atoms with E-state index in [1.165, 1.54) is 6.21 Å². The van der Waals surface area contributed by atoms with Gasteiger partial charge in [0.2, 0.25) is 5.91 Å². The summed E-state index contributed by atoms with van der Waals surface area (Å²) < 4.78 is 15.6. The van der Waals surface area contributed by atoms with Gasteiger partial charge in [-0.1, -0.05) is 30.3 Å².